The van der Waals surface area contributed by atoms with Gasteiger partial charge in [-0.1, -0.05) is 0 Å². The second-order valence-corrected chi connectivity index (χ2v) is 9.92. The smallest absolute Gasteiger partial charge is 0.420 e. The third-order valence-corrected chi connectivity index (χ3v) is 6.10. The number of fused-ring (bicyclic) bond motifs is 1. The van der Waals surface area contributed by atoms with Crippen molar-refractivity contribution in [3.05, 3.63) is 47.7 Å². The van der Waals surface area contributed by atoms with Gasteiger partial charge in [-0.15, -0.1) is 0 Å². The van der Waals surface area contributed by atoms with Crippen LogP contribution in [0.25, 0.3) is 5.52 Å². The van der Waals surface area contributed by atoms with Crippen LogP contribution in [-0.4, -0.2) is 47.5 Å². The quantitative estimate of drug-likeness (QED) is 0.480. The van der Waals surface area contributed by atoms with E-state index < -0.39 is 11.7 Å². The number of pyridine rings is 1. The van der Waals surface area contributed by atoms with Gasteiger partial charge in [0.2, 0.25) is 0 Å². The molecule has 9 nitrogen and oxygen atoms in total. The molecular weight excluding hydrogens is 456 g/mol. The van der Waals surface area contributed by atoms with Crippen molar-refractivity contribution in [2.45, 2.75) is 46.6 Å². The van der Waals surface area contributed by atoms with Gasteiger partial charge in [-0.2, -0.15) is 10.4 Å². The third-order valence-electron chi connectivity index (χ3n) is 6.10. The van der Waals surface area contributed by atoms with Crippen LogP contribution in [0.4, 0.5) is 22.0 Å². The molecule has 2 aromatic heterocycles. The molecule has 1 aliphatic heterocycles. The lowest BCUT2D eigenvalue weighted by atomic mass is 10.1. The van der Waals surface area contributed by atoms with Gasteiger partial charge >= 0.3 is 6.09 Å². The molecule has 9 heteroatoms. The highest BCUT2D eigenvalue weighted by Gasteiger charge is 2.31. The normalized spacial score (nSPS) is 15.5. The summed E-state index contributed by atoms with van der Waals surface area (Å²) in [6, 6.07) is 11.4. The molecule has 1 saturated heterocycles. The summed E-state index contributed by atoms with van der Waals surface area (Å²) in [6.07, 6.45) is 2.17. The summed E-state index contributed by atoms with van der Waals surface area (Å²) in [5, 5.41) is 21.5. The Hall–Kier alpha value is -3.77. The molecule has 0 spiro atoms. The minimum Gasteiger partial charge on any atom is -0.494 e. The summed E-state index contributed by atoms with van der Waals surface area (Å²) in [5.74, 6) is 1.69. The predicted molar refractivity (Wildman–Crippen MR) is 140 cm³/mol. The predicted octanol–water partition coefficient (Wildman–Crippen LogP) is 5.01. The number of nitrogens with one attached hydrogen (secondary N) is 2. The zero-order valence-corrected chi connectivity index (χ0v) is 21.6. The molecule has 3 heterocycles. The van der Waals surface area contributed by atoms with Crippen LogP contribution >= 0.6 is 0 Å². The Labute approximate surface area is 212 Å². The number of hydrogen-bond acceptors (Lipinski definition) is 7. The minimum atomic E-state index is -0.707. The number of carbonyl (C=O) groups excluding carboxylic acids is 1. The van der Waals surface area contributed by atoms with Gasteiger partial charge < -0.3 is 20.1 Å². The van der Waals surface area contributed by atoms with E-state index in [0.29, 0.717) is 46.5 Å². The third kappa shape index (κ3) is 5.24. The SMILES string of the molecule is CCOc1ccc(N(C(=O)OC(C)(C)C)c2c(C)c(NCC3CCNC3)c(C#N)c3ccnn23)cc1. The molecule has 0 bridgehead atoms. The second-order valence-electron chi connectivity index (χ2n) is 9.92. The zero-order valence-electron chi connectivity index (χ0n) is 21.6. The Bertz CT molecular complexity index is 1260. The van der Waals surface area contributed by atoms with Crippen molar-refractivity contribution in [3.8, 4) is 11.8 Å². The number of anilines is 3. The summed E-state index contributed by atoms with van der Waals surface area (Å²) in [4.78, 5) is 15.2. The van der Waals surface area contributed by atoms with Crippen LogP contribution in [0.15, 0.2) is 36.5 Å². The van der Waals surface area contributed by atoms with E-state index in [4.69, 9.17) is 9.47 Å². The molecule has 1 fully saturated rings. The molecule has 2 N–H and O–H groups in total. The Morgan fingerprint density at radius 2 is 2.06 bits per heavy atom. The van der Waals surface area contributed by atoms with Crippen LogP contribution in [0.1, 0.15) is 45.2 Å². The van der Waals surface area contributed by atoms with Crippen molar-refractivity contribution < 1.29 is 14.3 Å². The van der Waals surface area contributed by atoms with Gasteiger partial charge in [-0.3, -0.25) is 0 Å². The zero-order chi connectivity index (χ0) is 25.9. The van der Waals surface area contributed by atoms with E-state index in [9.17, 15) is 10.1 Å². The lowest BCUT2D eigenvalue weighted by Gasteiger charge is -2.30. The monoisotopic (exact) mass is 490 g/mol. The maximum Gasteiger partial charge on any atom is 0.420 e. The molecule has 4 rings (SSSR count). The van der Waals surface area contributed by atoms with Crippen LogP contribution in [0, 0.1) is 24.2 Å². The molecule has 1 aliphatic rings. The highest BCUT2D eigenvalue weighted by atomic mass is 16.6. The first kappa shape index (κ1) is 25.3. The molecule has 0 radical (unpaired) electrons. The highest BCUT2D eigenvalue weighted by molar-refractivity contribution is 5.98. The fourth-order valence-corrected chi connectivity index (χ4v) is 4.46. The number of ether oxygens (including phenoxy) is 2. The van der Waals surface area contributed by atoms with E-state index in [0.717, 1.165) is 31.6 Å². The van der Waals surface area contributed by atoms with Gasteiger partial charge in [0.05, 0.1) is 29.7 Å². The fraction of sp³-hybridized carbons (Fsp3) is 0.444. The molecule has 0 aliphatic carbocycles. The first-order valence-electron chi connectivity index (χ1n) is 12.3. The lowest BCUT2D eigenvalue weighted by molar-refractivity contribution is 0.0597. The Morgan fingerprint density at radius 1 is 1.31 bits per heavy atom. The van der Waals surface area contributed by atoms with E-state index >= 15 is 0 Å². The van der Waals surface area contributed by atoms with E-state index in [2.05, 4.69) is 21.8 Å². The van der Waals surface area contributed by atoms with Crippen molar-refractivity contribution in [2.24, 2.45) is 5.92 Å². The van der Waals surface area contributed by atoms with Crippen molar-refractivity contribution in [3.63, 3.8) is 0 Å². The van der Waals surface area contributed by atoms with Gasteiger partial charge in [-0.05, 0) is 90.4 Å². The number of nitriles is 1. The molecule has 1 amide bonds. The molecule has 190 valence electrons. The van der Waals surface area contributed by atoms with E-state index in [-0.39, 0.29) is 0 Å². The molecule has 1 unspecified atom stereocenters. The summed E-state index contributed by atoms with van der Waals surface area (Å²) >= 11 is 0. The molecule has 1 atom stereocenters. The van der Waals surface area contributed by atoms with E-state index in [1.165, 1.54) is 4.90 Å². The summed E-state index contributed by atoms with van der Waals surface area (Å²) in [6.45, 7) is 12.5. The van der Waals surface area contributed by atoms with Crippen LogP contribution < -0.4 is 20.3 Å². The maximum absolute atomic E-state index is 13.7. The standard InChI is InChI=1S/C27H34N6O3/c1-6-35-21-9-7-20(8-10-21)32(26(34)36-27(3,4)5)25-18(2)24(30-17-19-11-13-29-16-19)22(15-28)23-12-14-31-33(23)25/h7-10,12,14,19,29-30H,6,11,13,16-17H2,1-5H3. The maximum atomic E-state index is 13.7. The van der Waals surface area contributed by atoms with Crippen molar-refractivity contribution in [1.29, 1.82) is 5.26 Å². The number of amides is 1. The minimum absolute atomic E-state index is 0.466. The molecular formula is C27H34N6O3. The van der Waals surface area contributed by atoms with Crippen molar-refractivity contribution in [2.75, 3.05) is 36.5 Å². The number of rotatable bonds is 7. The van der Waals surface area contributed by atoms with E-state index in [1.807, 2.05) is 58.9 Å². The number of aromatic nitrogens is 2. The van der Waals surface area contributed by atoms with Gasteiger partial charge in [0.15, 0.2) is 0 Å². The average molecular weight is 491 g/mol. The van der Waals surface area contributed by atoms with Crippen LogP contribution in [0.5, 0.6) is 5.75 Å². The van der Waals surface area contributed by atoms with Gasteiger partial charge in [0.25, 0.3) is 0 Å². The fourth-order valence-electron chi connectivity index (χ4n) is 4.46. The molecule has 36 heavy (non-hydrogen) atoms. The highest BCUT2D eigenvalue weighted by Crippen LogP contribution is 2.38. The number of hydrogen-bond donors (Lipinski definition) is 2. The topological polar surface area (TPSA) is 104 Å². The van der Waals surface area contributed by atoms with Crippen LogP contribution in [0.3, 0.4) is 0 Å². The summed E-state index contributed by atoms with van der Waals surface area (Å²) in [5.41, 5.74) is 2.43. The lowest BCUT2D eigenvalue weighted by Crippen LogP contribution is -2.35. The molecule has 3 aromatic rings. The first-order valence-corrected chi connectivity index (χ1v) is 12.3. The Morgan fingerprint density at radius 3 is 2.67 bits per heavy atom. The number of benzene rings is 1. The van der Waals surface area contributed by atoms with E-state index in [1.54, 1.807) is 16.8 Å². The largest absolute Gasteiger partial charge is 0.494 e. The van der Waals surface area contributed by atoms with Crippen molar-refractivity contribution >= 4 is 28.8 Å². The van der Waals surface area contributed by atoms with Crippen molar-refractivity contribution in [1.82, 2.24) is 14.9 Å². The second kappa shape index (κ2) is 10.5. The van der Waals surface area contributed by atoms with Crippen LogP contribution in [0.2, 0.25) is 0 Å². The number of carbonyl (C=O) groups is 1. The average Bonchev–Trinajstić information content (AvgIpc) is 3.52. The summed E-state index contributed by atoms with van der Waals surface area (Å²) in [7, 11) is 0. The van der Waals surface area contributed by atoms with Gasteiger partial charge in [-0.25, -0.2) is 14.2 Å². The molecule has 1 aromatic carbocycles. The number of nitrogens with zero attached hydrogens (tertiary/aromatic N) is 4. The van der Waals surface area contributed by atoms with Crippen LogP contribution in [-0.2, 0) is 4.74 Å². The van der Waals surface area contributed by atoms with Gasteiger partial charge in [0, 0.05) is 12.1 Å². The first-order chi connectivity index (χ1) is 17.2. The Balaban J connectivity index is 1.88. The Kier molecular flexibility index (Phi) is 7.36. The summed E-state index contributed by atoms with van der Waals surface area (Å²) < 4.78 is 13.1. The van der Waals surface area contributed by atoms with Gasteiger partial charge in [0.1, 0.15) is 28.8 Å². The molecule has 0 saturated carbocycles.